The first kappa shape index (κ1) is 42.8. The summed E-state index contributed by atoms with van der Waals surface area (Å²) in [4.78, 5) is 33.6. The van der Waals surface area contributed by atoms with Gasteiger partial charge in [0.15, 0.2) is 0 Å². The fourth-order valence-corrected chi connectivity index (χ4v) is 5.48. The van der Waals surface area contributed by atoms with Gasteiger partial charge in [0.05, 0.1) is 13.2 Å². The summed E-state index contributed by atoms with van der Waals surface area (Å²) in [5.74, 6) is -0.525. The number of allylic oxidation sites excluding steroid dienone is 2. The van der Waals surface area contributed by atoms with Crippen LogP contribution < -0.4 is 5.32 Å². The van der Waals surface area contributed by atoms with Gasteiger partial charge in [0.25, 0.3) is 0 Å². The van der Waals surface area contributed by atoms with E-state index in [9.17, 15) is 24.2 Å². The molecule has 0 aromatic rings. The third-order valence-corrected chi connectivity index (χ3v) is 8.43. The summed E-state index contributed by atoms with van der Waals surface area (Å²) in [7, 11) is -4.40. The highest BCUT2D eigenvalue weighted by atomic mass is 31.2. The Balaban J connectivity index is 3.65. The predicted octanol–water partition coefficient (Wildman–Crippen LogP) is 8.71. The number of hydrogen-bond acceptors (Lipinski definition) is 7. The van der Waals surface area contributed by atoms with E-state index in [1.807, 2.05) is 0 Å². The predicted molar refractivity (Wildman–Crippen MR) is 178 cm³/mol. The molecular formula is C34H66NO8P. The largest absolute Gasteiger partial charge is 0.472 e. The number of phosphoric acid groups is 1. The zero-order valence-electron chi connectivity index (χ0n) is 28.1. The number of esters is 1. The van der Waals surface area contributed by atoms with Gasteiger partial charge in [0, 0.05) is 19.4 Å². The number of phosphoric ester groups is 1. The molecule has 44 heavy (non-hydrogen) atoms. The molecule has 0 spiro atoms. The van der Waals surface area contributed by atoms with Crippen LogP contribution in [0.1, 0.15) is 162 Å². The van der Waals surface area contributed by atoms with Gasteiger partial charge in [-0.2, -0.15) is 0 Å². The Hall–Kier alpha value is -1.25. The minimum absolute atomic E-state index is 0.0844. The average molecular weight is 648 g/mol. The van der Waals surface area contributed by atoms with Gasteiger partial charge < -0.3 is 20.1 Å². The first-order valence-electron chi connectivity index (χ1n) is 17.7. The molecule has 0 aromatic carbocycles. The Morgan fingerprint density at radius 2 is 1.16 bits per heavy atom. The topological polar surface area (TPSA) is 131 Å². The molecule has 0 saturated carbocycles. The number of ether oxygens (including phenoxy) is 1. The van der Waals surface area contributed by atoms with Crippen LogP contribution in [-0.4, -0.2) is 54.3 Å². The summed E-state index contributed by atoms with van der Waals surface area (Å²) in [6, 6.07) is 0. The van der Waals surface area contributed by atoms with Gasteiger partial charge >= 0.3 is 13.8 Å². The molecule has 1 amide bonds. The van der Waals surface area contributed by atoms with Crippen LogP contribution >= 0.6 is 7.82 Å². The van der Waals surface area contributed by atoms with Gasteiger partial charge in [0.2, 0.25) is 5.91 Å². The van der Waals surface area contributed by atoms with Crippen molar-refractivity contribution in [1.82, 2.24) is 5.32 Å². The lowest BCUT2D eigenvalue weighted by Crippen LogP contribution is -2.27. The van der Waals surface area contributed by atoms with Gasteiger partial charge in [-0.15, -0.1) is 0 Å². The number of rotatable bonds is 33. The van der Waals surface area contributed by atoms with Crippen molar-refractivity contribution in [3.8, 4) is 0 Å². The Labute approximate surface area is 268 Å². The second-order valence-electron chi connectivity index (χ2n) is 11.8. The Kier molecular flexibility index (Phi) is 30.8. The highest BCUT2D eigenvalue weighted by Gasteiger charge is 2.23. The van der Waals surface area contributed by atoms with Crippen LogP contribution in [0.4, 0.5) is 0 Å². The first-order chi connectivity index (χ1) is 21.3. The molecule has 0 fully saturated rings. The number of aliphatic hydroxyl groups excluding tert-OH is 1. The number of nitrogens with one attached hydrogen (secondary N) is 1. The second kappa shape index (κ2) is 31.7. The van der Waals surface area contributed by atoms with Crippen molar-refractivity contribution < 1.29 is 37.9 Å². The van der Waals surface area contributed by atoms with Crippen LogP contribution in [0.3, 0.4) is 0 Å². The Bertz CT molecular complexity index is 749. The van der Waals surface area contributed by atoms with E-state index < -0.39 is 26.5 Å². The maximum Gasteiger partial charge on any atom is 0.472 e. The fraction of sp³-hybridized carbons (Fsp3) is 0.882. The van der Waals surface area contributed by atoms with Crippen molar-refractivity contribution in [2.75, 3.05) is 26.4 Å². The Morgan fingerprint density at radius 1 is 0.682 bits per heavy atom. The van der Waals surface area contributed by atoms with Crippen molar-refractivity contribution in [3.05, 3.63) is 12.2 Å². The molecule has 2 atom stereocenters. The van der Waals surface area contributed by atoms with E-state index in [1.54, 1.807) is 0 Å². The summed E-state index contributed by atoms with van der Waals surface area (Å²) >= 11 is 0. The maximum absolute atomic E-state index is 12.0. The molecule has 9 nitrogen and oxygen atoms in total. The zero-order valence-corrected chi connectivity index (χ0v) is 29.0. The summed E-state index contributed by atoms with van der Waals surface area (Å²) in [6.07, 6.45) is 28.5. The maximum atomic E-state index is 12.0. The van der Waals surface area contributed by atoms with E-state index >= 15 is 0 Å². The smallest absolute Gasteiger partial charge is 0.463 e. The van der Waals surface area contributed by atoms with Crippen molar-refractivity contribution in [2.24, 2.45) is 0 Å². The third kappa shape index (κ3) is 32.2. The molecule has 0 saturated heterocycles. The standard InChI is InChI=1S/C34H66NO8P/c1-3-5-7-9-11-13-15-17-19-21-23-25-27-34(38)41-30-32(36)31-43-44(39,40)42-29-28-35-33(37)26-24-22-20-18-16-14-12-10-8-6-4-2/h11,13,32,36H,3-10,12,14-31H2,1-2H3,(H,35,37)(H,39,40)/b13-11-. The molecule has 0 aliphatic rings. The van der Waals surface area contributed by atoms with Crippen LogP contribution in [0.25, 0.3) is 0 Å². The monoisotopic (exact) mass is 647 g/mol. The summed E-state index contributed by atoms with van der Waals surface area (Å²) in [5.41, 5.74) is 0. The van der Waals surface area contributed by atoms with Crippen molar-refractivity contribution >= 4 is 19.7 Å². The number of carbonyl (C=O) groups is 2. The summed E-state index contributed by atoms with van der Waals surface area (Å²) in [6.45, 7) is 3.50. The van der Waals surface area contributed by atoms with Crippen molar-refractivity contribution in [1.29, 1.82) is 0 Å². The van der Waals surface area contributed by atoms with Crippen LogP contribution in [0.2, 0.25) is 0 Å². The number of amides is 1. The lowest BCUT2D eigenvalue weighted by Gasteiger charge is -2.15. The van der Waals surface area contributed by atoms with E-state index in [-0.39, 0.29) is 32.1 Å². The van der Waals surface area contributed by atoms with Gasteiger partial charge in [0.1, 0.15) is 12.7 Å². The fourth-order valence-electron chi connectivity index (χ4n) is 4.73. The van der Waals surface area contributed by atoms with E-state index in [2.05, 4.69) is 31.3 Å². The molecule has 0 radical (unpaired) electrons. The minimum Gasteiger partial charge on any atom is -0.463 e. The number of hydrogen-bond donors (Lipinski definition) is 3. The first-order valence-corrected chi connectivity index (χ1v) is 19.2. The average Bonchev–Trinajstić information content (AvgIpc) is 3.00. The molecule has 260 valence electrons. The minimum atomic E-state index is -4.40. The van der Waals surface area contributed by atoms with Gasteiger partial charge in [-0.1, -0.05) is 122 Å². The van der Waals surface area contributed by atoms with Crippen molar-refractivity contribution in [2.45, 2.75) is 168 Å². The number of carbonyl (C=O) groups excluding carboxylic acids is 2. The normalized spacial score (nSPS) is 13.6. The molecule has 0 rings (SSSR count). The van der Waals surface area contributed by atoms with E-state index in [1.165, 1.54) is 77.0 Å². The molecule has 0 aliphatic heterocycles. The van der Waals surface area contributed by atoms with Crippen LogP contribution in [-0.2, 0) is 27.9 Å². The van der Waals surface area contributed by atoms with Crippen LogP contribution in [0, 0.1) is 0 Å². The molecule has 0 aliphatic carbocycles. The number of aliphatic hydroxyl groups is 1. The molecule has 0 heterocycles. The lowest BCUT2D eigenvalue weighted by atomic mass is 10.1. The number of unbranched alkanes of at least 4 members (excludes halogenated alkanes) is 18. The highest BCUT2D eigenvalue weighted by Crippen LogP contribution is 2.42. The van der Waals surface area contributed by atoms with E-state index in [4.69, 9.17) is 13.8 Å². The molecule has 3 N–H and O–H groups in total. The van der Waals surface area contributed by atoms with Gasteiger partial charge in [-0.05, 0) is 38.5 Å². The summed E-state index contributed by atoms with van der Waals surface area (Å²) in [5, 5.41) is 12.6. The molecule has 2 unspecified atom stereocenters. The zero-order chi connectivity index (χ0) is 32.6. The molecule has 0 bridgehead atoms. The van der Waals surface area contributed by atoms with E-state index in [0.717, 1.165) is 57.8 Å². The quantitative estimate of drug-likeness (QED) is 0.0279. The van der Waals surface area contributed by atoms with Gasteiger partial charge in [-0.3, -0.25) is 18.6 Å². The lowest BCUT2D eigenvalue weighted by molar-refractivity contribution is -0.147. The van der Waals surface area contributed by atoms with Crippen LogP contribution in [0.5, 0.6) is 0 Å². The summed E-state index contributed by atoms with van der Waals surface area (Å²) < 4.78 is 26.7. The molecule has 10 heteroatoms. The molecule has 0 aromatic heterocycles. The Morgan fingerprint density at radius 3 is 1.75 bits per heavy atom. The van der Waals surface area contributed by atoms with E-state index in [0.29, 0.717) is 6.42 Å². The SMILES string of the molecule is CCCCC/C=C\CCCCCCCC(=O)OCC(O)COP(=O)(O)OCCNC(=O)CCCCCCCCCCCCC. The highest BCUT2D eigenvalue weighted by molar-refractivity contribution is 7.47. The second-order valence-corrected chi connectivity index (χ2v) is 13.3. The van der Waals surface area contributed by atoms with Crippen LogP contribution in [0.15, 0.2) is 12.2 Å². The molecular weight excluding hydrogens is 581 g/mol. The van der Waals surface area contributed by atoms with Gasteiger partial charge in [-0.25, -0.2) is 4.57 Å². The van der Waals surface area contributed by atoms with Crippen molar-refractivity contribution in [3.63, 3.8) is 0 Å². The third-order valence-electron chi connectivity index (χ3n) is 7.45.